The number of hydrogen-bond acceptors (Lipinski definition) is 4. The molecule has 0 spiro atoms. The first-order valence-electron chi connectivity index (χ1n) is 8.62. The van der Waals surface area contributed by atoms with Gasteiger partial charge in [0.05, 0.1) is 6.54 Å². The quantitative estimate of drug-likeness (QED) is 0.749. The van der Waals surface area contributed by atoms with Gasteiger partial charge in [0, 0.05) is 37.0 Å². The third kappa shape index (κ3) is 3.49. The highest BCUT2D eigenvalue weighted by molar-refractivity contribution is 5.44. The number of hydrogen-bond donors (Lipinski definition) is 1. The van der Waals surface area contributed by atoms with Crippen LogP contribution < -0.4 is 5.32 Å². The van der Waals surface area contributed by atoms with Crippen molar-refractivity contribution in [2.45, 2.75) is 32.9 Å². The Bertz CT molecular complexity index is 942. The molecule has 4 rings (SSSR count). The molecule has 1 aliphatic rings. The lowest BCUT2D eigenvalue weighted by molar-refractivity contribution is 0.401. The van der Waals surface area contributed by atoms with Gasteiger partial charge in [-0.05, 0) is 42.1 Å². The first kappa shape index (κ1) is 15.7. The van der Waals surface area contributed by atoms with Crippen molar-refractivity contribution >= 4 is 0 Å². The Kier molecular flexibility index (Phi) is 4.36. The molecule has 0 saturated heterocycles. The summed E-state index contributed by atoms with van der Waals surface area (Å²) in [6, 6.07) is 8.30. The highest BCUT2D eigenvalue weighted by atomic mass is 16.5. The van der Waals surface area contributed by atoms with Crippen molar-refractivity contribution in [2.75, 3.05) is 6.54 Å². The molecule has 1 aliphatic heterocycles. The van der Waals surface area contributed by atoms with Crippen LogP contribution in [0.4, 0.5) is 0 Å². The number of aromatic nitrogens is 3. The fourth-order valence-electron chi connectivity index (χ4n) is 3.11. The van der Waals surface area contributed by atoms with Crippen LogP contribution in [-0.4, -0.2) is 21.3 Å². The normalized spacial score (nSPS) is 13.2. The van der Waals surface area contributed by atoms with Crippen molar-refractivity contribution in [2.24, 2.45) is 0 Å². The van der Waals surface area contributed by atoms with E-state index in [-0.39, 0.29) is 0 Å². The van der Waals surface area contributed by atoms with Crippen LogP contribution in [0.2, 0.25) is 0 Å². The number of benzene rings is 1. The summed E-state index contributed by atoms with van der Waals surface area (Å²) >= 11 is 0. The summed E-state index contributed by atoms with van der Waals surface area (Å²) in [7, 11) is 0. The van der Waals surface area contributed by atoms with Crippen molar-refractivity contribution < 1.29 is 4.52 Å². The van der Waals surface area contributed by atoms with Crippen LogP contribution in [0, 0.1) is 11.8 Å². The summed E-state index contributed by atoms with van der Waals surface area (Å²) in [5.74, 6) is 7.89. The summed E-state index contributed by atoms with van der Waals surface area (Å²) in [5.41, 5.74) is 4.62. The second kappa shape index (κ2) is 6.96. The largest absolute Gasteiger partial charge is 0.347 e. The third-order valence-electron chi connectivity index (χ3n) is 4.43. The fraction of sp³-hybridized carbons (Fsp3) is 0.300. The monoisotopic (exact) mass is 332 g/mol. The van der Waals surface area contributed by atoms with Gasteiger partial charge >= 0.3 is 0 Å². The van der Waals surface area contributed by atoms with E-state index in [0.29, 0.717) is 12.3 Å². The van der Waals surface area contributed by atoms with Crippen LogP contribution in [-0.2, 0) is 25.9 Å². The van der Waals surface area contributed by atoms with Crippen LogP contribution in [0.3, 0.4) is 0 Å². The minimum absolute atomic E-state index is 0.590. The number of imidazole rings is 1. The SMILES string of the molecule is CCc1nccn1Cc1cc(C#Cc2ccc3c(c2)CCNC3)on1. The molecule has 0 saturated carbocycles. The molecule has 3 aromatic rings. The topological polar surface area (TPSA) is 55.9 Å². The molecule has 0 fully saturated rings. The molecular weight excluding hydrogens is 312 g/mol. The molecule has 0 atom stereocenters. The zero-order valence-corrected chi connectivity index (χ0v) is 14.2. The molecule has 0 bridgehead atoms. The molecule has 2 aromatic heterocycles. The fourth-order valence-corrected chi connectivity index (χ4v) is 3.11. The van der Waals surface area contributed by atoms with Crippen molar-refractivity contribution in [1.82, 2.24) is 20.0 Å². The maximum atomic E-state index is 5.35. The zero-order chi connectivity index (χ0) is 17.1. The summed E-state index contributed by atoms with van der Waals surface area (Å²) in [4.78, 5) is 4.32. The third-order valence-corrected chi connectivity index (χ3v) is 4.43. The number of nitrogens with zero attached hydrogens (tertiary/aromatic N) is 3. The van der Waals surface area contributed by atoms with Gasteiger partial charge in [-0.3, -0.25) is 0 Å². The van der Waals surface area contributed by atoms with E-state index in [1.54, 1.807) is 0 Å². The number of nitrogens with one attached hydrogen (secondary N) is 1. The van der Waals surface area contributed by atoms with Gasteiger partial charge in [0.1, 0.15) is 11.5 Å². The highest BCUT2D eigenvalue weighted by Gasteiger charge is 2.08. The summed E-state index contributed by atoms with van der Waals surface area (Å²) in [5, 5.41) is 7.50. The van der Waals surface area contributed by atoms with Crippen molar-refractivity contribution in [1.29, 1.82) is 0 Å². The van der Waals surface area contributed by atoms with Gasteiger partial charge in [0.2, 0.25) is 5.76 Å². The van der Waals surface area contributed by atoms with Gasteiger partial charge < -0.3 is 14.4 Å². The summed E-state index contributed by atoms with van der Waals surface area (Å²) < 4.78 is 7.43. The standard InChI is InChI=1S/C20H20N4O/c1-2-20-22-9-10-24(20)14-18-12-19(25-23-18)6-4-15-3-5-17-13-21-8-7-16(17)11-15/h3,5,9-12,21H,2,7-8,13-14H2,1H3. The Balaban J connectivity index is 1.49. The lowest BCUT2D eigenvalue weighted by Crippen LogP contribution is -2.23. The van der Waals surface area contributed by atoms with Crippen LogP contribution >= 0.6 is 0 Å². The van der Waals surface area contributed by atoms with E-state index in [4.69, 9.17) is 4.52 Å². The molecular formula is C20H20N4O. The van der Waals surface area contributed by atoms with Gasteiger partial charge in [-0.25, -0.2) is 4.98 Å². The molecule has 25 heavy (non-hydrogen) atoms. The van der Waals surface area contributed by atoms with Crippen molar-refractivity contribution in [3.63, 3.8) is 0 Å². The lowest BCUT2D eigenvalue weighted by Gasteiger charge is -2.16. The molecule has 126 valence electrons. The van der Waals surface area contributed by atoms with Crippen molar-refractivity contribution in [3.8, 4) is 11.8 Å². The molecule has 0 amide bonds. The second-order valence-electron chi connectivity index (χ2n) is 6.17. The molecule has 5 heteroatoms. The van der Waals surface area contributed by atoms with Crippen LogP contribution in [0.1, 0.15) is 40.9 Å². The van der Waals surface area contributed by atoms with E-state index in [1.807, 2.05) is 18.5 Å². The Morgan fingerprint density at radius 2 is 2.20 bits per heavy atom. The second-order valence-corrected chi connectivity index (χ2v) is 6.17. The Morgan fingerprint density at radius 3 is 3.12 bits per heavy atom. The Morgan fingerprint density at radius 1 is 1.24 bits per heavy atom. The molecule has 0 radical (unpaired) electrons. The first-order chi connectivity index (χ1) is 12.3. The minimum Gasteiger partial charge on any atom is -0.347 e. The smallest absolute Gasteiger partial charge is 0.210 e. The van der Waals surface area contributed by atoms with E-state index in [0.717, 1.165) is 43.0 Å². The Hall–Kier alpha value is -2.84. The molecule has 3 heterocycles. The van der Waals surface area contributed by atoms with E-state index in [9.17, 15) is 0 Å². The van der Waals surface area contributed by atoms with E-state index in [1.165, 1.54) is 11.1 Å². The predicted molar refractivity (Wildman–Crippen MR) is 95.0 cm³/mol. The molecule has 0 aliphatic carbocycles. The molecule has 1 N–H and O–H groups in total. The maximum Gasteiger partial charge on any atom is 0.210 e. The lowest BCUT2D eigenvalue weighted by atomic mass is 9.98. The average molecular weight is 332 g/mol. The number of rotatable bonds is 3. The Labute approximate surface area is 147 Å². The molecule has 5 nitrogen and oxygen atoms in total. The van der Waals surface area contributed by atoms with Gasteiger partial charge in [0.15, 0.2) is 0 Å². The van der Waals surface area contributed by atoms with E-state index >= 15 is 0 Å². The van der Waals surface area contributed by atoms with Crippen molar-refractivity contribution in [3.05, 3.63) is 70.6 Å². The van der Waals surface area contributed by atoms with Gasteiger partial charge in [-0.2, -0.15) is 0 Å². The van der Waals surface area contributed by atoms with Gasteiger partial charge in [-0.15, -0.1) is 0 Å². The number of fused-ring (bicyclic) bond motifs is 1. The molecule has 1 aromatic carbocycles. The van der Waals surface area contributed by atoms with Crippen LogP contribution in [0.25, 0.3) is 0 Å². The molecule has 0 unspecified atom stereocenters. The van der Waals surface area contributed by atoms with E-state index in [2.05, 4.69) is 57.0 Å². The summed E-state index contributed by atoms with van der Waals surface area (Å²) in [6.45, 7) is 4.72. The average Bonchev–Trinajstić information content (AvgIpc) is 3.29. The van der Waals surface area contributed by atoms with Gasteiger partial charge in [-0.1, -0.05) is 24.1 Å². The summed E-state index contributed by atoms with van der Waals surface area (Å²) in [6.07, 6.45) is 5.72. The van der Waals surface area contributed by atoms with Crippen LogP contribution in [0.5, 0.6) is 0 Å². The van der Waals surface area contributed by atoms with E-state index < -0.39 is 0 Å². The van der Waals surface area contributed by atoms with Gasteiger partial charge in [0.25, 0.3) is 0 Å². The first-order valence-corrected chi connectivity index (χ1v) is 8.62. The van der Waals surface area contributed by atoms with Crippen LogP contribution in [0.15, 0.2) is 41.2 Å². The predicted octanol–water partition coefficient (Wildman–Crippen LogP) is 2.53. The maximum absolute atomic E-state index is 5.35. The highest BCUT2D eigenvalue weighted by Crippen LogP contribution is 2.15. The minimum atomic E-state index is 0.590. The zero-order valence-electron chi connectivity index (χ0n) is 14.2. The number of aryl methyl sites for hydroxylation is 1.